The molecular weight excluding hydrogens is 354 g/mol. The molecule has 1 saturated heterocycles. The Morgan fingerprint density at radius 3 is 2.43 bits per heavy atom. The van der Waals surface area contributed by atoms with Crippen molar-refractivity contribution in [1.82, 2.24) is 0 Å². The molecule has 0 atom stereocenters. The Bertz CT molecular complexity index is 784. The summed E-state index contributed by atoms with van der Waals surface area (Å²) in [4.78, 5) is 14.7. The highest BCUT2D eigenvalue weighted by atomic mass is 16.5. The van der Waals surface area contributed by atoms with Crippen molar-refractivity contribution in [3.63, 3.8) is 0 Å². The number of nitrogens with one attached hydrogen (secondary N) is 2. The van der Waals surface area contributed by atoms with Crippen molar-refractivity contribution in [3.05, 3.63) is 42.5 Å². The molecule has 2 aromatic rings. The molecular formula is C22H29N3O3. The molecule has 0 aromatic heterocycles. The molecule has 150 valence electrons. The number of carbonyl (C=O) groups excluding carboxylic acids is 1. The van der Waals surface area contributed by atoms with Gasteiger partial charge in [0, 0.05) is 30.5 Å². The van der Waals surface area contributed by atoms with E-state index in [9.17, 15) is 4.79 Å². The third-order valence-electron chi connectivity index (χ3n) is 5.15. The van der Waals surface area contributed by atoms with Crippen LogP contribution >= 0.6 is 0 Å². The minimum Gasteiger partial charge on any atom is -0.497 e. The topological polar surface area (TPSA) is 62.8 Å². The second kappa shape index (κ2) is 9.35. The summed E-state index contributed by atoms with van der Waals surface area (Å²) in [7, 11) is 3.15. The van der Waals surface area contributed by atoms with Gasteiger partial charge in [0.2, 0.25) is 5.91 Å². The molecule has 0 spiro atoms. The van der Waals surface area contributed by atoms with E-state index in [-0.39, 0.29) is 12.5 Å². The highest BCUT2D eigenvalue weighted by Crippen LogP contribution is 2.29. The molecule has 6 nitrogen and oxygen atoms in total. The number of piperidine rings is 1. The van der Waals surface area contributed by atoms with Gasteiger partial charge in [-0.1, -0.05) is 6.92 Å². The molecule has 2 aromatic carbocycles. The maximum absolute atomic E-state index is 12.3. The number of methoxy groups -OCH3 is 2. The van der Waals surface area contributed by atoms with E-state index in [1.54, 1.807) is 32.4 Å². The fraction of sp³-hybridized carbons (Fsp3) is 0.409. The molecule has 1 fully saturated rings. The van der Waals surface area contributed by atoms with Crippen LogP contribution in [0.4, 0.5) is 17.1 Å². The summed E-state index contributed by atoms with van der Waals surface area (Å²) in [6.45, 7) is 4.72. The second-order valence-electron chi connectivity index (χ2n) is 7.18. The van der Waals surface area contributed by atoms with Gasteiger partial charge in [-0.2, -0.15) is 0 Å². The van der Waals surface area contributed by atoms with E-state index < -0.39 is 0 Å². The minimum atomic E-state index is -0.141. The maximum atomic E-state index is 12.3. The second-order valence-corrected chi connectivity index (χ2v) is 7.18. The van der Waals surface area contributed by atoms with Gasteiger partial charge in [-0.25, -0.2) is 0 Å². The summed E-state index contributed by atoms with van der Waals surface area (Å²) in [6, 6.07) is 13.6. The van der Waals surface area contributed by atoms with E-state index >= 15 is 0 Å². The Morgan fingerprint density at radius 1 is 1.07 bits per heavy atom. The minimum absolute atomic E-state index is 0.141. The van der Waals surface area contributed by atoms with Gasteiger partial charge in [-0.3, -0.25) is 4.79 Å². The van der Waals surface area contributed by atoms with E-state index in [4.69, 9.17) is 9.47 Å². The molecule has 1 amide bonds. The largest absolute Gasteiger partial charge is 0.497 e. The standard InChI is InChI=1S/C22H29N3O3/c1-16-10-12-25(13-11-16)18-6-4-17(5-7-18)23-15-22(26)24-20-9-8-19(27-2)14-21(20)28-3/h4-9,14,16,23H,10-13,15H2,1-3H3,(H,24,26). The SMILES string of the molecule is COc1ccc(NC(=O)CNc2ccc(N3CCC(C)CC3)cc2)c(OC)c1. The zero-order valence-corrected chi connectivity index (χ0v) is 16.8. The van der Waals surface area contributed by atoms with Crippen LogP contribution in [0, 0.1) is 5.92 Å². The Morgan fingerprint density at radius 2 is 1.79 bits per heavy atom. The lowest BCUT2D eigenvalue weighted by Crippen LogP contribution is -2.32. The smallest absolute Gasteiger partial charge is 0.243 e. The summed E-state index contributed by atoms with van der Waals surface area (Å²) in [5, 5.41) is 6.03. The van der Waals surface area contributed by atoms with Crippen molar-refractivity contribution in [2.45, 2.75) is 19.8 Å². The van der Waals surface area contributed by atoms with Crippen molar-refractivity contribution in [2.75, 3.05) is 49.4 Å². The van der Waals surface area contributed by atoms with Crippen LogP contribution in [0.2, 0.25) is 0 Å². The first-order valence-electron chi connectivity index (χ1n) is 9.70. The maximum Gasteiger partial charge on any atom is 0.243 e. The van der Waals surface area contributed by atoms with Crippen LogP contribution < -0.4 is 25.0 Å². The highest BCUT2D eigenvalue weighted by molar-refractivity contribution is 5.95. The number of amides is 1. The number of hydrogen-bond acceptors (Lipinski definition) is 5. The molecule has 0 aliphatic carbocycles. The van der Waals surface area contributed by atoms with Gasteiger partial charge in [-0.15, -0.1) is 0 Å². The third-order valence-corrected chi connectivity index (χ3v) is 5.15. The van der Waals surface area contributed by atoms with Crippen LogP contribution in [0.5, 0.6) is 11.5 Å². The number of carbonyl (C=O) groups is 1. The molecule has 1 aliphatic rings. The molecule has 0 bridgehead atoms. The lowest BCUT2D eigenvalue weighted by Gasteiger charge is -2.32. The van der Waals surface area contributed by atoms with Crippen LogP contribution in [0.25, 0.3) is 0 Å². The average Bonchev–Trinajstić information content (AvgIpc) is 2.73. The normalized spacial score (nSPS) is 14.5. The van der Waals surface area contributed by atoms with E-state index in [0.29, 0.717) is 17.2 Å². The summed E-state index contributed by atoms with van der Waals surface area (Å²) in [6.07, 6.45) is 2.49. The predicted molar refractivity (Wildman–Crippen MR) is 114 cm³/mol. The lowest BCUT2D eigenvalue weighted by atomic mass is 9.99. The van der Waals surface area contributed by atoms with Gasteiger partial charge >= 0.3 is 0 Å². The number of anilines is 3. The van der Waals surface area contributed by atoms with Gasteiger partial charge in [0.1, 0.15) is 11.5 Å². The molecule has 0 unspecified atom stereocenters. The molecule has 3 rings (SSSR count). The predicted octanol–water partition coefficient (Wildman–Crippen LogP) is 3.99. The van der Waals surface area contributed by atoms with E-state index in [2.05, 4.69) is 34.6 Å². The summed E-state index contributed by atoms with van der Waals surface area (Å²) < 4.78 is 10.5. The van der Waals surface area contributed by atoms with E-state index in [0.717, 1.165) is 24.7 Å². The van der Waals surface area contributed by atoms with Crippen molar-refractivity contribution >= 4 is 23.0 Å². The van der Waals surface area contributed by atoms with Crippen molar-refractivity contribution < 1.29 is 14.3 Å². The third kappa shape index (κ3) is 5.09. The number of nitrogens with zero attached hydrogens (tertiary/aromatic N) is 1. The van der Waals surface area contributed by atoms with Crippen molar-refractivity contribution in [1.29, 1.82) is 0 Å². The number of hydrogen-bond donors (Lipinski definition) is 2. The monoisotopic (exact) mass is 383 g/mol. The van der Waals surface area contributed by atoms with Crippen LogP contribution in [0.3, 0.4) is 0 Å². The first-order valence-corrected chi connectivity index (χ1v) is 9.70. The average molecular weight is 383 g/mol. The highest BCUT2D eigenvalue weighted by Gasteiger charge is 2.16. The van der Waals surface area contributed by atoms with E-state index in [1.165, 1.54) is 18.5 Å². The van der Waals surface area contributed by atoms with Crippen LogP contribution in [0.15, 0.2) is 42.5 Å². The first-order chi connectivity index (χ1) is 13.6. The molecule has 6 heteroatoms. The Labute approximate surface area is 166 Å². The summed E-state index contributed by atoms with van der Waals surface area (Å²) in [5.74, 6) is 1.92. The molecule has 28 heavy (non-hydrogen) atoms. The Balaban J connectivity index is 1.52. The molecule has 1 heterocycles. The zero-order chi connectivity index (χ0) is 19.9. The molecule has 2 N–H and O–H groups in total. The van der Waals surface area contributed by atoms with Crippen LogP contribution in [0.1, 0.15) is 19.8 Å². The Kier molecular flexibility index (Phi) is 6.63. The number of benzene rings is 2. The van der Waals surface area contributed by atoms with E-state index in [1.807, 2.05) is 12.1 Å². The van der Waals surface area contributed by atoms with Gasteiger partial charge < -0.3 is 25.0 Å². The summed E-state index contributed by atoms with van der Waals surface area (Å²) >= 11 is 0. The van der Waals surface area contributed by atoms with Crippen molar-refractivity contribution in [2.24, 2.45) is 5.92 Å². The lowest BCUT2D eigenvalue weighted by molar-refractivity contribution is -0.114. The summed E-state index contributed by atoms with van der Waals surface area (Å²) in [5.41, 5.74) is 2.78. The fourth-order valence-corrected chi connectivity index (χ4v) is 3.34. The van der Waals surface area contributed by atoms with Gasteiger partial charge in [0.25, 0.3) is 0 Å². The molecule has 0 saturated carbocycles. The first kappa shape index (κ1) is 19.9. The van der Waals surface area contributed by atoms with Gasteiger partial charge in [-0.05, 0) is 55.2 Å². The van der Waals surface area contributed by atoms with Gasteiger partial charge in [0.05, 0.1) is 26.5 Å². The van der Waals surface area contributed by atoms with Crippen LogP contribution in [-0.4, -0.2) is 39.8 Å². The quantitative estimate of drug-likeness (QED) is 0.757. The van der Waals surface area contributed by atoms with Crippen molar-refractivity contribution in [3.8, 4) is 11.5 Å². The zero-order valence-electron chi connectivity index (χ0n) is 16.8. The fourth-order valence-electron chi connectivity index (χ4n) is 3.34. The molecule has 0 radical (unpaired) electrons. The number of ether oxygens (including phenoxy) is 2. The van der Waals surface area contributed by atoms with Gasteiger partial charge in [0.15, 0.2) is 0 Å². The van der Waals surface area contributed by atoms with Crippen LogP contribution in [-0.2, 0) is 4.79 Å². The number of rotatable bonds is 7. The Hall–Kier alpha value is -2.89. The molecule has 1 aliphatic heterocycles.